The lowest BCUT2D eigenvalue weighted by Gasteiger charge is -2.28. The lowest BCUT2D eigenvalue weighted by molar-refractivity contribution is -0.116. The summed E-state index contributed by atoms with van der Waals surface area (Å²) < 4.78 is 26.6. The average Bonchev–Trinajstić information content (AvgIpc) is 2.56. The molecule has 0 unspecified atom stereocenters. The molecule has 0 aliphatic carbocycles. The molecular formula is C18H21BrN2O3S. The highest BCUT2D eigenvalue weighted by molar-refractivity contribution is 9.10. The highest BCUT2D eigenvalue weighted by atomic mass is 79.9. The third-order valence-electron chi connectivity index (χ3n) is 3.80. The van der Waals surface area contributed by atoms with E-state index in [1.54, 1.807) is 43.3 Å². The lowest BCUT2D eigenvalue weighted by Crippen LogP contribution is -2.45. The zero-order valence-corrected chi connectivity index (χ0v) is 16.8. The molecule has 25 heavy (non-hydrogen) atoms. The molecule has 1 N–H and O–H groups in total. The molecule has 2 aromatic carbocycles. The minimum absolute atomic E-state index is 0.396. The van der Waals surface area contributed by atoms with E-state index in [0.29, 0.717) is 11.4 Å². The highest BCUT2D eigenvalue weighted by Crippen LogP contribution is 2.23. The minimum atomic E-state index is -3.62. The van der Waals surface area contributed by atoms with E-state index in [4.69, 9.17) is 0 Å². The number of halogens is 1. The Hall–Kier alpha value is -1.86. The largest absolute Gasteiger partial charge is 0.324 e. The second-order valence-corrected chi connectivity index (χ2v) is 8.53. The van der Waals surface area contributed by atoms with E-state index in [1.165, 1.54) is 0 Å². The summed E-state index contributed by atoms with van der Waals surface area (Å²) in [7, 11) is -3.62. The van der Waals surface area contributed by atoms with Crippen molar-refractivity contribution < 1.29 is 13.2 Å². The summed E-state index contributed by atoms with van der Waals surface area (Å²) in [4.78, 5) is 12.6. The summed E-state index contributed by atoms with van der Waals surface area (Å²) >= 11 is 3.33. The van der Waals surface area contributed by atoms with Crippen molar-refractivity contribution in [2.75, 3.05) is 15.9 Å². The van der Waals surface area contributed by atoms with Crippen LogP contribution >= 0.6 is 15.9 Å². The molecule has 2 aromatic rings. The fourth-order valence-electron chi connectivity index (χ4n) is 2.47. The second kappa shape index (κ2) is 8.01. The van der Waals surface area contributed by atoms with Gasteiger partial charge in [-0.25, -0.2) is 8.42 Å². The number of rotatable bonds is 6. The predicted molar refractivity (Wildman–Crippen MR) is 105 cm³/mol. The van der Waals surface area contributed by atoms with Gasteiger partial charge in [-0.1, -0.05) is 35.0 Å². The van der Waals surface area contributed by atoms with Gasteiger partial charge < -0.3 is 5.32 Å². The quantitative estimate of drug-likeness (QED) is 0.766. The molecule has 0 spiro atoms. The number of amides is 1. The van der Waals surface area contributed by atoms with Gasteiger partial charge in [0.2, 0.25) is 15.9 Å². The smallest absolute Gasteiger partial charge is 0.247 e. The number of hydrogen-bond acceptors (Lipinski definition) is 3. The number of hydrogen-bond donors (Lipinski definition) is 1. The molecule has 0 aliphatic heterocycles. The van der Waals surface area contributed by atoms with Crippen molar-refractivity contribution in [2.45, 2.75) is 26.3 Å². The topological polar surface area (TPSA) is 66.5 Å². The fraction of sp³-hybridized carbons (Fsp3) is 0.278. The monoisotopic (exact) mass is 424 g/mol. The first-order chi connectivity index (χ1) is 11.7. The first kappa shape index (κ1) is 19.5. The molecule has 5 nitrogen and oxygen atoms in total. The molecule has 0 saturated heterocycles. The fourth-order valence-corrected chi connectivity index (χ4v) is 3.91. The molecule has 134 valence electrons. The molecule has 0 fully saturated rings. The van der Waals surface area contributed by atoms with Gasteiger partial charge in [0.25, 0.3) is 0 Å². The van der Waals surface area contributed by atoms with Gasteiger partial charge >= 0.3 is 0 Å². The van der Waals surface area contributed by atoms with Gasteiger partial charge in [-0.05, 0) is 55.3 Å². The number of anilines is 2. The van der Waals surface area contributed by atoms with E-state index in [2.05, 4.69) is 21.2 Å². The molecular weight excluding hydrogens is 404 g/mol. The summed E-state index contributed by atoms with van der Waals surface area (Å²) in [5, 5.41) is 2.75. The van der Waals surface area contributed by atoms with Crippen LogP contribution in [0, 0.1) is 0 Å². The van der Waals surface area contributed by atoms with E-state index >= 15 is 0 Å². The molecule has 0 saturated carbocycles. The van der Waals surface area contributed by atoms with Gasteiger partial charge in [0.1, 0.15) is 6.04 Å². The van der Waals surface area contributed by atoms with Gasteiger partial charge in [0.05, 0.1) is 11.9 Å². The molecule has 2 rings (SSSR count). The predicted octanol–water partition coefficient (Wildman–Crippen LogP) is 3.80. The molecule has 0 aliphatic rings. The van der Waals surface area contributed by atoms with Crippen molar-refractivity contribution >= 4 is 43.2 Å². The third kappa shape index (κ3) is 5.06. The standard InChI is InChI=1S/C18H21BrN2O3S/c1-4-14-5-11-17(12-6-14)21(25(3,23)24)13(2)18(22)20-16-9-7-15(19)8-10-16/h5-13H,4H2,1-3H3,(H,20,22)/t13-/m1/s1. The first-order valence-corrected chi connectivity index (χ1v) is 10.5. The molecule has 0 aromatic heterocycles. The number of nitrogens with zero attached hydrogens (tertiary/aromatic N) is 1. The third-order valence-corrected chi connectivity index (χ3v) is 5.57. The van der Waals surface area contributed by atoms with Crippen LogP contribution in [0.2, 0.25) is 0 Å². The summed E-state index contributed by atoms with van der Waals surface area (Å²) in [5.41, 5.74) is 2.18. The van der Waals surface area contributed by atoms with Crippen molar-refractivity contribution in [1.29, 1.82) is 0 Å². The van der Waals surface area contributed by atoms with Crippen LogP contribution in [-0.2, 0) is 21.2 Å². The van der Waals surface area contributed by atoms with Crippen molar-refractivity contribution in [3.05, 3.63) is 58.6 Å². The van der Waals surface area contributed by atoms with Gasteiger partial charge in [0.15, 0.2) is 0 Å². The number of benzene rings is 2. The Bertz CT molecular complexity index is 834. The summed E-state index contributed by atoms with van der Waals surface area (Å²) in [5.74, 6) is -0.396. The molecule has 1 amide bonds. The molecule has 7 heteroatoms. The Balaban J connectivity index is 2.27. The summed E-state index contributed by atoms with van der Waals surface area (Å²) in [6.45, 7) is 3.60. The molecule has 1 atom stereocenters. The second-order valence-electron chi connectivity index (χ2n) is 5.75. The Morgan fingerprint density at radius 3 is 2.16 bits per heavy atom. The Labute approximate surface area is 157 Å². The SMILES string of the molecule is CCc1ccc(N([C@H](C)C(=O)Nc2ccc(Br)cc2)S(C)(=O)=O)cc1. The highest BCUT2D eigenvalue weighted by Gasteiger charge is 2.29. The molecule has 0 heterocycles. The van der Waals surface area contributed by atoms with Crippen LogP contribution in [0.15, 0.2) is 53.0 Å². The van der Waals surface area contributed by atoms with Crippen LogP contribution in [-0.4, -0.2) is 26.6 Å². The minimum Gasteiger partial charge on any atom is -0.324 e. The van der Waals surface area contributed by atoms with Crippen LogP contribution in [0.3, 0.4) is 0 Å². The van der Waals surface area contributed by atoms with E-state index in [9.17, 15) is 13.2 Å². The molecule has 0 radical (unpaired) electrons. The Morgan fingerprint density at radius 2 is 1.68 bits per heavy atom. The lowest BCUT2D eigenvalue weighted by atomic mass is 10.1. The zero-order valence-electron chi connectivity index (χ0n) is 14.4. The maximum atomic E-state index is 12.6. The maximum absolute atomic E-state index is 12.6. The van der Waals surface area contributed by atoms with Crippen LogP contribution in [0.25, 0.3) is 0 Å². The number of sulfonamides is 1. The normalized spacial score (nSPS) is 12.5. The Kier molecular flexibility index (Phi) is 6.24. The van der Waals surface area contributed by atoms with Crippen molar-refractivity contribution in [3.63, 3.8) is 0 Å². The number of carbonyl (C=O) groups is 1. The van der Waals surface area contributed by atoms with Gasteiger partial charge in [-0.3, -0.25) is 9.10 Å². The van der Waals surface area contributed by atoms with Crippen LogP contribution < -0.4 is 9.62 Å². The van der Waals surface area contributed by atoms with Crippen molar-refractivity contribution in [3.8, 4) is 0 Å². The zero-order chi connectivity index (χ0) is 18.6. The average molecular weight is 425 g/mol. The van der Waals surface area contributed by atoms with E-state index in [0.717, 1.165) is 27.0 Å². The first-order valence-electron chi connectivity index (χ1n) is 7.87. The molecule has 0 bridgehead atoms. The van der Waals surface area contributed by atoms with Gasteiger partial charge in [-0.2, -0.15) is 0 Å². The number of nitrogens with one attached hydrogen (secondary N) is 1. The van der Waals surface area contributed by atoms with E-state index in [1.807, 2.05) is 19.1 Å². The number of carbonyl (C=O) groups excluding carboxylic acids is 1. The Morgan fingerprint density at radius 1 is 1.12 bits per heavy atom. The summed E-state index contributed by atoms with van der Waals surface area (Å²) in [6.07, 6.45) is 1.96. The van der Waals surface area contributed by atoms with E-state index < -0.39 is 22.0 Å². The van der Waals surface area contributed by atoms with Crippen molar-refractivity contribution in [2.24, 2.45) is 0 Å². The van der Waals surface area contributed by atoms with Gasteiger partial charge in [-0.15, -0.1) is 0 Å². The number of aryl methyl sites for hydroxylation is 1. The van der Waals surface area contributed by atoms with E-state index in [-0.39, 0.29) is 0 Å². The van der Waals surface area contributed by atoms with Crippen molar-refractivity contribution in [1.82, 2.24) is 0 Å². The summed E-state index contributed by atoms with van der Waals surface area (Å²) in [6, 6.07) is 13.4. The van der Waals surface area contributed by atoms with Crippen LogP contribution in [0.1, 0.15) is 19.4 Å². The van der Waals surface area contributed by atoms with Crippen LogP contribution in [0.4, 0.5) is 11.4 Å². The van der Waals surface area contributed by atoms with Crippen LogP contribution in [0.5, 0.6) is 0 Å². The van der Waals surface area contributed by atoms with Gasteiger partial charge in [0, 0.05) is 10.2 Å². The maximum Gasteiger partial charge on any atom is 0.247 e.